The Balaban J connectivity index is 2.04. The summed E-state index contributed by atoms with van der Waals surface area (Å²) in [7, 11) is 0. The number of nitrogens with zero attached hydrogens (tertiary/aromatic N) is 5. The van der Waals surface area contributed by atoms with Gasteiger partial charge in [0.05, 0.1) is 11.3 Å². The summed E-state index contributed by atoms with van der Waals surface area (Å²) in [4.78, 5) is 23.2. The maximum Gasteiger partial charge on any atom is 0.303 e. The first-order valence-corrected chi connectivity index (χ1v) is 9.85. The largest absolute Gasteiger partial charge is 0.339 e. The molecule has 0 radical (unpaired) electrons. The van der Waals surface area contributed by atoms with Gasteiger partial charge in [-0.2, -0.15) is 8.78 Å². The van der Waals surface area contributed by atoms with Crippen LogP contribution in [-0.4, -0.2) is 31.1 Å². The van der Waals surface area contributed by atoms with Gasteiger partial charge in [0.25, 0.3) is 0 Å². The average molecular weight is 433 g/mol. The summed E-state index contributed by atoms with van der Waals surface area (Å²) in [5.41, 5.74) is 0.899. The Hall–Kier alpha value is -3.08. The van der Waals surface area contributed by atoms with Crippen molar-refractivity contribution in [2.45, 2.75) is 46.0 Å². The van der Waals surface area contributed by atoms with E-state index in [1.165, 1.54) is 36.7 Å². The number of aromatic nitrogens is 5. The molecule has 0 aliphatic heterocycles. The number of pyridine rings is 1. The highest BCUT2D eigenvalue weighted by molar-refractivity contribution is 7.14. The molecule has 30 heavy (non-hydrogen) atoms. The number of carbonyl (C=O) groups is 1. The zero-order valence-corrected chi connectivity index (χ0v) is 17.9. The molecule has 0 atom stereocenters. The number of alkyl halides is 2. The normalized spacial score (nSPS) is 12.0. The Labute approximate surface area is 176 Å². The molecular weight excluding hydrogens is 412 g/mol. The lowest BCUT2D eigenvalue weighted by molar-refractivity contribution is -0.114. The van der Waals surface area contributed by atoms with Crippen LogP contribution in [0.3, 0.4) is 0 Å². The standard InChI is InChI=1S/C19H21F2N7OS/c1-10(29)24-14-8-12(25-13-6-7-22-16(26-13)19(5,20)21)11(9-23-14)15-27-28-17(30-15)18(2,3)4/h6-9H,1-5H3,(H2,22,23,24,25,26,29). The van der Waals surface area contributed by atoms with Gasteiger partial charge in [-0.15, -0.1) is 10.2 Å². The van der Waals surface area contributed by atoms with E-state index in [9.17, 15) is 13.6 Å². The van der Waals surface area contributed by atoms with Gasteiger partial charge in [0.1, 0.15) is 16.6 Å². The van der Waals surface area contributed by atoms with Crippen LogP contribution in [0.1, 0.15) is 45.5 Å². The van der Waals surface area contributed by atoms with Crippen LogP contribution < -0.4 is 10.6 Å². The summed E-state index contributed by atoms with van der Waals surface area (Å²) in [6, 6.07) is 3.05. The highest BCUT2D eigenvalue weighted by Crippen LogP contribution is 2.36. The summed E-state index contributed by atoms with van der Waals surface area (Å²) in [5.74, 6) is -3.60. The molecule has 0 aliphatic rings. The first kappa shape index (κ1) is 21.6. The van der Waals surface area contributed by atoms with E-state index in [1.54, 1.807) is 6.07 Å². The van der Waals surface area contributed by atoms with Crippen LogP contribution in [0.15, 0.2) is 24.5 Å². The Morgan fingerprint density at radius 3 is 2.43 bits per heavy atom. The van der Waals surface area contributed by atoms with Gasteiger partial charge >= 0.3 is 5.92 Å². The first-order valence-electron chi connectivity index (χ1n) is 9.04. The van der Waals surface area contributed by atoms with Crippen LogP contribution >= 0.6 is 11.3 Å². The van der Waals surface area contributed by atoms with E-state index in [4.69, 9.17) is 0 Å². The molecule has 0 bridgehead atoms. The minimum absolute atomic E-state index is 0.170. The van der Waals surface area contributed by atoms with Gasteiger partial charge < -0.3 is 10.6 Å². The Morgan fingerprint density at radius 2 is 1.83 bits per heavy atom. The smallest absolute Gasteiger partial charge is 0.303 e. The number of halogens is 2. The van der Waals surface area contributed by atoms with Crippen molar-refractivity contribution >= 4 is 34.6 Å². The van der Waals surface area contributed by atoms with Gasteiger partial charge in [0, 0.05) is 37.7 Å². The molecule has 11 heteroatoms. The molecule has 3 aromatic rings. The topological polar surface area (TPSA) is 106 Å². The Bertz CT molecular complexity index is 1070. The molecular formula is C19H21F2N7OS. The number of hydrogen-bond donors (Lipinski definition) is 2. The predicted octanol–water partition coefficient (Wildman–Crippen LogP) is 4.50. The van der Waals surface area contributed by atoms with Crippen LogP contribution in [0.25, 0.3) is 10.6 Å². The van der Waals surface area contributed by atoms with Crippen molar-refractivity contribution in [3.05, 3.63) is 35.4 Å². The lowest BCUT2D eigenvalue weighted by atomic mass is 9.98. The molecule has 3 heterocycles. The lowest BCUT2D eigenvalue weighted by Crippen LogP contribution is -2.13. The number of amides is 1. The van der Waals surface area contributed by atoms with Gasteiger partial charge in [0.2, 0.25) is 11.7 Å². The second-order valence-electron chi connectivity index (χ2n) is 7.74. The molecule has 0 saturated heterocycles. The SMILES string of the molecule is CC(=O)Nc1cc(Nc2ccnc(C(C)(F)F)n2)c(-c2nnc(C(C)(C)C)s2)cn1. The van der Waals surface area contributed by atoms with E-state index in [2.05, 4.69) is 35.8 Å². The number of rotatable bonds is 5. The maximum absolute atomic E-state index is 13.6. The molecule has 1 amide bonds. The zero-order valence-electron chi connectivity index (χ0n) is 17.1. The van der Waals surface area contributed by atoms with E-state index in [1.807, 2.05) is 20.8 Å². The molecule has 0 unspecified atom stereocenters. The van der Waals surface area contributed by atoms with Crippen LogP contribution in [0.4, 0.5) is 26.1 Å². The van der Waals surface area contributed by atoms with Crippen molar-refractivity contribution in [3.63, 3.8) is 0 Å². The molecule has 0 aliphatic carbocycles. The molecule has 0 fully saturated rings. The Morgan fingerprint density at radius 1 is 1.10 bits per heavy atom. The molecule has 158 valence electrons. The van der Waals surface area contributed by atoms with E-state index < -0.39 is 11.7 Å². The predicted molar refractivity (Wildman–Crippen MR) is 111 cm³/mol. The minimum atomic E-state index is -3.18. The highest BCUT2D eigenvalue weighted by atomic mass is 32.1. The lowest BCUT2D eigenvalue weighted by Gasteiger charge is -2.14. The average Bonchev–Trinajstić information content (AvgIpc) is 3.11. The molecule has 8 nitrogen and oxygen atoms in total. The molecule has 0 aromatic carbocycles. The van der Waals surface area contributed by atoms with Gasteiger partial charge in [-0.05, 0) is 6.07 Å². The zero-order chi connectivity index (χ0) is 22.1. The third-order valence-electron chi connectivity index (χ3n) is 3.82. The minimum Gasteiger partial charge on any atom is -0.339 e. The molecule has 0 saturated carbocycles. The fraction of sp³-hybridized carbons (Fsp3) is 0.368. The molecule has 0 spiro atoms. The van der Waals surface area contributed by atoms with Crippen molar-refractivity contribution in [1.29, 1.82) is 0 Å². The second-order valence-corrected chi connectivity index (χ2v) is 8.72. The molecule has 2 N–H and O–H groups in total. The summed E-state index contributed by atoms with van der Waals surface area (Å²) in [6.45, 7) is 8.18. The first-order chi connectivity index (χ1) is 13.9. The van der Waals surface area contributed by atoms with E-state index >= 15 is 0 Å². The van der Waals surface area contributed by atoms with E-state index in [-0.39, 0.29) is 17.1 Å². The van der Waals surface area contributed by atoms with Gasteiger partial charge in [-0.1, -0.05) is 32.1 Å². The van der Waals surface area contributed by atoms with Crippen molar-refractivity contribution in [3.8, 4) is 10.6 Å². The number of hydrogen-bond acceptors (Lipinski definition) is 8. The number of carbonyl (C=O) groups excluding carboxylic acids is 1. The van der Waals surface area contributed by atoms with Crippen LogP contribution in [-0.2, 0) is 16.1 Å². The fourth-order valence-corrected chi connectivity index (χ4v) is 3.32. The monoisotopic (exact) mass is 433 g/mol. The van der Waals surface area contributed by atoms with Crippen LogP contribution in [0.2, 0.25) is 0 Å². The molecule has 3 aromatic heterocycles. The van der Waals surface area contributed by atoms with Crippen LogP contribution in [0.5, 0.6) is 0 Å². The van der Waals surface area contributed by atoms with Crippen molar-refractivity contribution in [2.75, 3.05) is 10.6 Å². The third-order valence-corrected chi connectivity index (χ3v) is 5.20. The Kier molecular flexibility index (Phi) is 5.75. The van der Waals surface area contributed by atoms with E-state index in [0.29, 0.717) is 22.1 Å². The van der Waals surface area contributed by atoms with E-state index in [0.717, 1.165) is 11.9 Å². The highest BCUT2D eigenvalue weighted by Gasteiger charge is 2.28. The second kappa shape index (κ2) is 7.98. The maximum atomic E-state index is 13.6. The summed E-state index contributed by atoms with van der Waals surface area (Å²) >= 11 is 1.40. The summed E-state index contributed by atoms with van der Waals surface area (Å²) in [5, 5.41) is 15.5. The van der Waals surface area contributed by atoms with Gasteiger partial charge in [-0.25, -0.2) is 15.0 Å². The third kappa shape index (κ3) is 5.09. The number of anilines is 3. The van der Waals surface area contributed by atoms with Gasteiger partial charge in [0.15, 0.2) is 5.01 Å². The van der Waals surface area contributed by atoms with Crippen LogP contribution in [0, 0.1) is 0 Å². The van der Waals surface area contributed by atoms with Crippen molar-refractivity contribution in [2.24, 2.45) is 0 Å². The van der Waals surface area contributed by atoms with Crippen molar-refractivity contribution < 1.29 is 13.6 Å². The fourth-order valence-electron chi connectivity index (χ4n) is 2.39. The number of nitrogens with one attached hydrogen (secondary N) is 2. The molecule has 3 rings (SSSR count). The van der Waals surface area contributed by atoms with Gasteiger partial charge in [-0.3, -0.25) is 4.79 Å². The van der Waals surface area contributed by atoms with Crippen molar-refractivity contribution in [1.82, 2.24) is 25.1 Å². The quantitative estimate of drug-likeness (QED) is 0.610. The summed E-state index contributed by atoms with van der Waals surface area (Å²) < 4.78 is 27.2. The summed E-state index contributed by atoms with van der Waals surface area (Å²) in [6.07, 6.45) is 2.79.